The minimum Gasteiger partial charge on any atom is -0.465 e. The molecular formula is C23H22N2O2S. The summed E-state index contributed by atoms with van der Waals surface area (Å²) in [5, 5.41) is 7.09. The van der Waals surface area contributed by atoms with E-state index in [0.29, 0.717) is 5.56 Å². The summed E-state index contributed by atoms with van der Waals surface area (Å²) in [5.41, 5.74) is 5.08. The molecule has 0 fully saturated rings. The standard InChI is InChI=1S/C23H22N2O2S/c1-15-13-20(16(2)28-15)21-14-22(25(24-21)19-7-5-4-6-8-19)17-9-11-18(12-10-17)23(26)27-3/h4-13,22H,14H2,1-3H3/t22-/m0/s1. The van der Waals surface area contributed by atoms with Crippen molar-refractivity contribution < 1.29 is 9.53 Å². The first kappa shape index (κ1) is 18.4. The number of hydrazone groups is 1. The average Bonchev–Trinajstić information content (AvgIpc) is 3.31. The summed E-state index contributed by atoms with van der Waals surface area (Å²) in [6.07, 6.45) is 0.823. The third-order valence-electron chi connectivity index (χ3n) is 5.00. The zero-order chi connectivity index (χ0) is 19.7. The monoisotopic (exact) mass is 390 g/mol. The third-order valence-corrected chi connectivity index (χ3v) is 5.97. The lowest BCUT2D eigenvalue weighted by Crippen LogP contribution is -2.18. The molecule has 0 aliphatic carbocycles. The first-order valence-corrected chi connectivity index (χ1v) is 10.1. The fraction of sp³-hybridized carbons (Fsp3) is 0.217. The average molecular weight is 391 g/mol. The molecule has 1 atom stereocenters. The molecule has 1 aliphatic heterocycles. The van der Waals surface area contributed by atoms with Crippen LogP contribution < -0.4 is 5.01 Å². The van der Waals surface area contributed by atoms with Crippen molar-refractivity contribution in [2.24, 2.45) is 5.10 Å². The van der Waals surface area contributed by atoms with Crippen LogP contribution in [-0.4, -0.2) is 18.8 Å². The van der Waals surface area contributed by atoms with Gasteiger partial charge in [0.2, 0.25) is 0 Å². The quantitative estimate of drug-likeness (QED) is 0.552. The molecule has 5 heteroatoms. The van der Waals surface area contributed by atoms with E-state index in [2.05, 4.69) is 37.1 Å². The number of rotatable bonds is 4. The molecule has 0 saturated heterocycles. The van der Waals surface area contributed by atoms with E-state index in [1.807, 2.05) is 53.8 Å². The maximum atomic E-state index is 11.8. The molecule has 0 N–H and O–H groups in total. The Morgan fingerprint density at radius 2 is 1.82 bits per heavy atom. The van der Waals surface area contributed by atoms with Crippen LogP contribution in [0.25, 0.3) is 0 Å². The number of aryl methyl sites for hydroxylation is 2. The Morgan fingerprint density at radius 1 is 1.11 bits per heavy atom. The second kappa shape index (κ2) is 7.60. The molecule has 4 nitrogen and oxygen atoms in total. The summed E-state index contributed by atoms with van der Waals surface area (Å²) in [5.74, 6) is -0.320. The summed E-state index contributed by atoms with van der Waals surface area (Å²) in [6.45, 7) is 4.29. The molecule has 0 unspecified atom stereocenters. The highest BCUT2D eigenvalue weighted by atomic mass is 32.1. The van der Waals surface area contributed by atoms with Gasteiger partial charge in [-0.2, -0.15) is 5.10 Å². The van der Waals surface area contributed by atoms with Crippen molar-refractivity contribution in [2.75, 3.05) is 12.1 Å². The topological polar surface area (TPSA) is 41.9 Å². The minimum atomic E-state index is -0.320. The number of benzene rings is 2. The molecule has 3 aromatic rings. The van der Waals surface area contributed by atoms with Gasteiger partial charge in [-0.1, -0.05) is 30.3 Å². The van der Waals surface area contributed by atoms with Crippen molar-refractivity contribution in [3.8, 4) is 0 Å². The molecule has 1 aromatic heterocycles. The van der Waals surface area contributed by atoms with Crippen molar-refractivity contribution in [2.45, 2.75) is 26.3 Å². The fourth-order valence-corrected chi connectivity index (χ4v) is 4.57. The number of carbonyl (C=O) groups excluding carboxylic acids is 1. The number of nitrogens with zero attached hydrogens (tertiary/aromatic N) is 2. The lowest BCUT2D eigenvalue weighted by molar-refractivity contribution is 0.0600. The van der Waals surface area contributed by atoms with Crippen LogP contribution in [0.3, 0.4) is 0 Å². The first-order chi connectivity index (χ1) is 13.6. The van der Waals surface area contributed by atoms with E-state index in [1.54, 1.807) is 0 Å². The molecule has 4 rings (SSSR count). The Kier molecular flexibility index (Phi) is 5.01. The molecule has 1 aliphatic rings. The molecule has 28 heavy (non-hydrogen) atoms. The van der Waals surface area contributed by atoms with Crippen LogP contribution in [0.5, 0.6) is 0 Å². The van der Waals surface area contributed by atoms with Crippen LogP contribution in [0.15, 0.2) is 65.8 Å². The van der Waals surface area contributed by atoms with Gasteiger partial charge in [0.15, 0.2) is 0 Å². The first-order valence-electron chi connectivity index (χ1n) is 9.24. The molecule has 0 amide bonds. The Hall–Kier alpha value is -2.92. The lowest BCUT2D eigenvalue weighted by atomic mass is 9.97. The number of anilines is 1. The summed E-state index contributed by atoms with van der Waals surface area (Å²) < 4.78 is 4.81. The normalized spacial score (nSPS) is 16.2. The predicted octanol–water partition coefficient (Wildman–Crippen LogP) is 5.51. The lowest BCUT2D eigenvalue weighted by Gasteiger charge is -2.24. The molecule has 0 bridgehead atoms. The van der Waals surface area contributed by atoms with Gasteiger partial charge in [0.25, 0.3) is 0 Å². The van der Waals surface area contributed by atoms with E-state index >= 15 is 0 Å². The number of para-hydroxylation sites is 1. The zero-order valence-electron chi connectivity index (χ0n) is 16.2. The zero-order valence-corrected chi connectivity index (χ0v) is 17.0. The highest BCUT2D eigenvalue weighted by Crippen LogP contribution is 2.38. The number of carbonyl (C=O) groups is 1. The van der Waals surface area contributed by atoms with Crippen molar-refractivity contribution in [1.29, 1.82) is 0 Å². The second-order valence-corrected chi connectivity index (χ2v) is 8.35. The van der Waals surface area contributed by atoms with Crippen molar-refractivity contribution in [1.82, 2.24) is 0 Å². The van der Waals surface area contributed by atoms with Crippen LogP contribution in [-0.2, 0) is 4.74 Å². The summed E-state index contributed by atoms with van der Waals surface area (Å²) in [7, 11) is 1.40. The van der Waals surface area contributed by atoms with E-state index in [4.69, 9.17) is 9.84 Å². The van der Waals surface area contributed by atoms with E-state index in [9.17, 15) is 4.79 Å². The number of thiophene rings is 1. The maximum absolute atomic E-state index is 11.8. The van der Waals surface area contributed by atoms with E-state index in [-0.39, 0.29) is 12.0 Å². The second-order valence-electron chi connectivity index (χ2n) is 6.89. The summed E-state index contributed by atoms with van der Waals surface area (Å²) in [6, 6.07) is 20.2. The molecular weight excluding hydrogens is 368 g/mol. The molecule has 0 spiro atoms. The van der Waals surface area contributed by atoms with Crippen LogP contribution >= 0.6 is 11.3 Å². The highest BCUT2D eigenvalue weighted by Gasteiger charge is 2.31. The Morgan fingerprint density at radius 3 is 2.43 bits per heavy atom. The Labute approximate surface area is 169 Å². The molecule has 2 heterocycles. The maximum Gasteiger partial charge on any atom is 0.337 e. The molecule has 142 valence electrons. The van der Waals surface area contributed by atoms with Crippen LogP contribution in [0, 0.1) is 13.8 Å². The van der Waals surface area contributed by atoms with E-state index in [1.165, 1.54) is 22.4 Å². The van der Waals surface area contributed by atoms with Gasteiger partial charge < -0.3 is 4.74 Å². The van der Waals surface area contributed by atoms with Gasteiger partial charge in [0, 0.05) is 21.7 Å². The van der Waals surface area contributed by atoms with E-state index < -0.39 is 0 Å². The largest absolute Gasteiger partial charge is 0.465 e. The van der Waals surface area contributed by atoms with Crippen LogP contribution in [0.4, 0.5) is 5.69 Å². The van der Waals surface area contributed by atoms with Crippen LogP contribution in [0.2, 0.25) is 0 Å². The van der Waals surface area contributed by atoms with Crippen molar-refractivity contribution in [3.63, 3.8) is 0 Å². The smallest absolute Gasteiger partial charge is 0.337 e. The van der Waals surface area contributed by atoms with Gasteiger partial charge in [0.05, 0.1) is 30.1 Å². The fourth-order valence-electron chi connectivity index (χ4n) is 3.63. The molecule has 2 aromatic carbocycles. The predicted molar refractivity (Wildman–Crippen MR) is 114 cm³/mol. The van der Waals surface area contributed by atoms with Gasteiger partial charge in [-0.3, -0.25) is 5.01 Å². The summed E-state index contributed by atoms with van der Waals surface area (Å²) in [4.78, 5) is 14.4. The van der Waals surface area contributed by atoms with Crippen molar-refractivity contribution >= 4 is 28.7 Å². The van der Waals surface area contributed by atoms with Crippen LogP contribution in [0.1, 0.15) is 43.7 Å². The highest BCUT2D eigenvalue weighted by molar-refractivity contribution is 7.12. The SMILES string of the molecule is COC(=O)c1ccc([C@@H]2CC(c3cc(C)sc3C)=NN2c2ccccc2)cc1. The molecule has 0 radical (unpaired) electrons. The number of ether oxygens (including phenoxy) is 1. The van der Waals surface area contributed by atoms with Gasteiger partial charge in [-0.05, 0) is 49.7 Å². The number of hydrogen-bond donors (Lipinski definition) is 0. The molecule has 0 saturated carbocycles. The minimum absolute atomic E-state index is 0.0868. The van der Waals surface area contributed by atoms with Gasteiger partial charge >= 0.3 is 5.97 Å². The Balaban J connectivity index is 1.71. The van der Waals surface area contributed by atoms with Crippen molar-refractivity contribution in [3.05, 3.63) is 87.1 Å². The van der Waals surface area contributed by atoms with Gasteiger partial charge in [-0.25, -0.2) is 4.79 Å². The number of esters is 1. The van der Waals surface area contributed by atoms with E-state index in [0.717, 1.165) is 23.4 Å². The van der Waals surface area contributed by atoms with Gasteiger partial charge in [-0.15, -0.1) is 11.3 Å². The number of hydrogen-bond acceptors (Lipinski definition) is 5. The third kappa shape index (κ3) is 3.45. The van der Waals surface area contributed by atoms with Gasteiger partial charge in [0.1, 0.15) is 0 Å². The number of methoxy groups -OCH3 is 1. The Bertz CT molecular complexity index is 1020. The summed E-state index contributed by atoms with van der Waals surface area (Å²) >= 11 is 1.81.